The third kappa shape index (κ3) is 4.46. The van der Waals surface area contributed by atoms with Crippen molar-refractivity contribution in [2.24, 2.45) is 17.8 Å². The number of ether oxygens (including phenoxy) is 1. The fraction of sp³-hybridized carbons (Fsp3) is 0.774. The molecule has 0 bridgehead atoms. The van der Waals surface area contributed by atoms with Gasteiger partial charge in [0.25, 0.3) is 0 Å². The number of aliphatic hydroxyl groups excluding tert-OH is 1. The van der Waals surface area contributed by atoms with Crippen LogP contribution < -0.4 is 0 Å². The Morgan fingerprint density at radius 3 is 2.33 bits per heavy atom. The van der Waals surface area contributed by atoms with E-state index in [9.17, 15) is 19.5 Å². The second kappa shape index (κ2) is 11.0. The van der Waals surface area contributed by atoms with Crippen molar-refractivity contribution in [1.29, 1.82) is 0 Å². The van der Waals surface area contributed by atoms with Crippen LogP contribution in [0.25, 0.3) is 0 Å². The SMILES string of the molecule is CCCN1CC=C[C@]2(CC)O[C@]34C=CCN(C5CCCCC5)C(=O)C3N([C@@H](CO)CC(C)C)C(=O)[C@@H]4[C@@H]2C1=O. The highest BCUT2D eigenvalue weighted by atomic mass is 16.5. The average molecular weight is 542 g/mol. The van der Waals surface area contributed by atoms with Crippen LogP contribution in [0.1, 0.15) is 79.1 Å². The molecule has 3 amide bonds. The normalized spacial score (nSPS) is 35.8. The van der Waals surface area contributed by atoms with Gasteiger partial charge in [-0.05, 0) is 38.0 Å². The van der Waals surface area contributed by atoms with Gasteiger partial charge >= 0.3 is 0 Å². The van der Waals surface area contributed by atoms with Crippen LogP contribution in [-0.4, -0.2) is 93.1 Å². The molecule has 6 atom stereocenters. The number of carbonyl (C=O) groups is 3. The first-order valence-corrected chi connectivity index (χ1v) is 15.3. The highest BCUT2D eigenvalue weighted by Crippen LogP contribution is 2.59. The molecule has 0 aromatic carbocycles. The second-order valence-corrected chi connectivity index (χ2v) is 12.7. The van der Waals surface area contributed by atoms with Crippen molar-refractivity contribution < 1.29 is 24.2 Å². The van der Waals surface area contributed by atoms with Crippen LogP contribution in [0, 0.1) is 17.8 Å². The predicted octanol–water partition coefficient (Wildman–Crippen LogP) is 3.29. The van der Waals surface area contributed by atoms with Gasteiger partial charge in [0.2, 0.25) is 17.7 Å². The Morgan fingerprint density at radius 1 is 0.974 bits per heavy atom. The zero-order valence-electron chi connectivity index (χ0n) is 24.2. The van der Waals surface area contributed by atoms with E-state index in [0.29, 0.717) is 32.5 Å². The first-order valence-electron chi connectivity index (χ1n) is 15.3. The van der Waals surface area contributed by atoms with Crippen molar-refractivity contribution in [1.82, 2.24) is 14.7 Å². The number of amides is 3. The largest absolute Gasteiger partial charge is 0.394 e. The molecule has 5 rings (SSSR count). The molecule has 5 aliphatic rings. The van der Waals surface area contributed by atoms with Gasteiger partial charge in [0, 0.05) is 25.7 Å². The number of likely N-dealkylation sites (tertiary alicyclic amines) is 1. The smallest absolute Gasteiger partial charge is 0.249 e. The molecule has 4 aliphatic heterocycles. The molecule has 216 valence electrons. The molecule has 0 aromatic rings. The zero-order chi connectivity index (χ0) is 27.9. The number of carbonyl (C=O) groups excluding carboxylic acids is 3. The lowest BCUT2D eigenvalue weighted by Gasteiger charge is -2.42. The summed E-state index contributed by atoms with van der Waals surface area (Å²) in [5.41, 5.74) is -2.21. The fourth-order valence-corrected chi connectivity index (χ4v) is 8.17. The quantitative estimate of drug-likeness (QED) is 0.477. The highest BCUT2D eigenvalue weighted by molar-refractivity contribution is 6.00. The van der Waals surface area contributed by atoms with Gasteiger partial charge in [0.1, 0.15) is 11.6 Å². The van der Waals surface area contributed by atoms with Gasteiger partial charge in [-0.15, -0.1) is 0 Å². The minimum absolute atomic E-state index is 0.0711. The Labute approximate surface area is 233 Å². The Kier molecular flexibility index (Phi) is 7.99. The van der Waals surface area contributed by atoms with E-state index in [2.05, 4.69) is 13.8 Å². The predicted molar refractivity (Wildman–Crippen MR) is 149 cm³/mol. The topological polar surface area (TPSA) is 90.4 Å². The van der Waals surface area contributed by atoms with Crippen LogP contribution in [0.4, 0.5) is 0 Å². The van der Waals surface area contributed by atoms with E-state index in [-0.39, 0.29) is 36.3 Å². The monoisotopic (exact) mass is 541 g/mol. The van der Waals surface area contributed by atoms with Crippen molar-refractivity contribution >= 4 is 17.7 Å². The van der Waals surface area contributed by atoms with Crippen LogP contribution in [0.15, 0.2) is 24.3 Å². The van der Waals surface area contributed by atoms with Gasteiger partial charge in [-0.25, -0.2) is 0 Å². The summed E-state index contributed by atoms with van der Waals surface area (Å²) in [6.45, 7) is 9.51. The summed E-state index contributed by atoms with van der Waals surface area (Å²) in [6.07, 6.45) is 15.1. The fourth-order valence-electron chi connectivity index (χ4n) is 8.17. The Hall–Kier alpha value is -2.19. The first kappa shape index (κ1) is 28.3. The summed E-state index contributed by atoms with van der Waals surface area (Å²) < 4.78 is 7.07. The average Bonchev–Trinajstić information content (AvgIpc) is 3.23. The number of fused-ring (bicyclic) bond motifs is 2. The first-order chi connectivity index (χ1) is 18.7. The summed E-state index contributed by atoms with van der Waals surface area (Å²) in [6, 6.07) is -1.28. The number of hydrogen-bond acceptors (Lipinski definition) is 5. The molecule has 1 aliphatic carbocycles. The highest BCUT2D eigenvalue weighted by Gasteiger charge is 2.76. The molecule has 8 heteroatoms. The lowest BCUT2D eigenvalue weighted by atomic mass is 9.73. The third-order valence-electron chi connectivity index (χ3n) is 9.85. The van der Waals surface area contributed by atoms with Gasteiger partial charge in [0.15, 0.2) is 0 Å². The molecule has 1 N–H and O–H groups in total. The molecule has 1 unspecified atom stereocenters. The molecular weight excluding hydrogens is 494 g/mol. The summed E-state index contributed by atoms with van der Waals surface area (Å²) in [4.78, 5) is 48.9. The van der Waals surface area contributed by atoms with Gasteiger partial charge < -0.3 is 24.5 Å². The standard InChI is InChI=1S/C31H47N3O5/c1-5-16-32-17-10-14-30(6-2)24(27(32)36)25-28(37)34(23(20-35)19-21(3)4)26-29(38)33(22-12-8-7-9-13-22)18-11-15-31(25,26)39-30/h10-11,14-15,21-26,35H,5-9,12-13,16-20H2,1-4H3/t23-,24-,25+,26?,30+,31+/m1/s1. The summed E-state index contributed by atoms with van der Waals surface area (Å²) in [5.74, 6) is -1.72. The van der Waals surface area contributed by atoms with Crippen molar-refractivity contribution in [3.8, 4) is 0 Å². The number of rotatable bonds is 8. The molecule has 39 heavy (non-hydrogen) atoms. The molecule has 0 aromatic heterocycles. The van der Waals surface area contributed by atoms with Crippen molar-refractivity contribution in [2.75, 3.05) is 26.2 Å². The molecule has 8 nitrogen and oxygen atoms in total. The van der Waals surface area contributed by atoms with E-state index >= 15 is 0 Å². The maximum absolute atomic E-state index is 14.7. The van der Waals surface area contributed by atoms with E-state index in [1.807, 2.05) is 48.0 Å². The lowest BCUT2D eigenvalue weighted by molar-refractivity contribution is -0.159. The zero-order valence-corrected chi connectivity index (χ0v) is 24.2. The van der Waals surface area contributed by atoms with E-state index in [1.54, 1.807) is 4.90 Å². The van der Waals surface area contributed by atoms with E-state index in [1.165, 1.54) is 6.42 Å². The molecule has 1 spiro atoms. The molecule has 3 fully saturated rings. The van der Waals surface area contributed by atoms with Gasteiger partial charge in [-0.2, -0.15) is 0 Å². The maximum atomic E-state index is 14.7. The Bertz CT molecular complexity index is 1020. The van der Waals surface area contributed by atoms with Crippen LogP contribution in [0.3, 0.4) is 0 Å². The number of aliphatic hydroxyl groups is 1. The minimum Gasteiger partial charge on any atom is -0.394 e. The molecule has 0 radical (unpaired) electrons. The van der Waals surface area contributed by atoms with E-state index < -0.39 is 35.1 Å². The summed E-state index contributed by atoms with van der Waals surface area (Å²) in [7, 11) is 0. The van der Waals surface area contributed by atoms with Gasteiger partial charge in [0.05, 0.1) is 30.1 Å². The molecule has 4 heterocycles. The van der Waals surface area contributed by atoms with Crippen LogP contribution in [0.5, 0.6) is 0 Å². The van der Waals surface area contributed by atoms with Gasteiger partial charge in [-0.1, -0.05) is 71.3 Å². The van der Waals surface area contributed by atoms with Gasteiger partial charge in [-0.3, -0.25) is 14.4 Å². The molecule has 1 saturated carbocycles. The number of hydrogen-bond donors (Lipinski definition) is 1. The third-order valence-corrected chi connectivity index (χ3v) is 9.85. The summed E-state index contributed by atoms with van der Waals surface area (Å²) in [5, 5.41) is 10.5. The van der Waals surface area contributed by atoms with Crippen molar-refractivity contribution in [3.63, 3.8) is 0 Å². The number of nitrogens with zero attached hydrogens (tertiary/aromatic N) is 3. The molecule has 2 saturated heterocycles. The second-order valence-electron chi connectivity index (χ2n) is 12.7. The molecular formula is C31H47N3O5. The van der Waals surface area contributed by atoms with Crippen LogP contribution in [-0.2, 0) is 19.1 Å². The maximum Gasteiger partial charge on any atom is 0.249 e. The van der Waals surface area contributed by atoms with Crippen LogP contribution >= 0.6 is 0 Å². The Morgan fingerprint density at radius 2 is 1.69 bits per heavy atom. The van der Waals surface area contributed by atoms with Crippen molar-refractivity contribution in [3.05, 3.63) is 24.3 Å². The van der Waals surface area contributed by atoms with E-state index in [4.69, 9.17) is 4.74 Å². The summed E-state index contributed by atoms with van der Waals surface area (Å²) >= 11 is 0. The van der Waals surface area contributed by atoms with E-state index in [0.717, 1.165) is 32.1 Å². The van der Waals surface area contributed by atoms with Crippen LogP contribution in [0.2, 0.25) is 0 Å². The Balaban J connectivity index is 1.65. The lowest BCUT2D eigenvalue weighted by Crippen LogP contribution is -2.60. The van der Waals surface area contributed by atoms with Crippen molar-refractivity contribution in [2.45, 2.75) is 108 Å². The minimum atomic E-state index is -1.25.